The first kappa shape index (κ1) is 40.6. The molecule has 0 spiro atoms. The van der Waals surface area contributed by atoms with E-state index in [2.05, 4.69) is 0 Å². The summed E-state index contributed by atoms with van der Waals surface area (Å²) in [5.41, 5.74) is -2.82. The van der Waals surface area contributed by atoms with Gasteiger partial charge in [-0.3, -0.25) is 4.79 Å². The Morgan fingerprint density at radius 3 is 1.21 bits per heavy atom. The molecule has 0 aromatic heterocycles. The summed E-state index contributed by atoms with van der Waals surface area (Å²) in [6.45, 7) is 34.9. The van der Waals surface area contributed by atoms with Gasteiger partial charge in [0.2, 0.25) is 0 Å². The standard InChI is InChI=1S/C40H62O8/c1-35(2,3)43-26-22-25(32(28(23-26)42-19)46-38(10,11)12)20-21-27(41)31-33(47-39(13,14)15)29(44-36(4,5)6)24-30(45-37(7,8)9)34(31)48-40(16,17)18/h20-24H,1-19H3/b21-20+. The predicted octanol–water partition coefficient (Wildman–Crippen LogP) is 10.7. The molecule has 48 heavy (non-hydrogen) atoms. The number of methoxy groups -OCH3 is 1. The van der Waals surface area contributed by atoms with Crippen molar-refractivity contribution in [2.45, 2.75) is 158 Å². The molecule has 8 heteroatoms. The summed E-state index contributed by atoms with van der Waals surface area (Å²) >= 11 is 0. The highest BCUT2D eigenvalue weighted by atomic mass is 16.6. The summed E-state index contributed by atoms with van der Waals surface area (Å²) in [4.78, 5) is 14.7. The molecule has 0 unspecified atom stereocenters. The smallest absolute Gasteiger partial charge is 0.193 e. The molecule has 8 nitrogen and oxygen atoms in total. The van der Waals surface area contributed by atoms with Gasteiger partial charge in [0.25, 0.3) is 0 Å². The highest BCUT2D eigenvalue weighted by Gasteiger charge is 2.34. The Kier molecular flexibility index (Phi) is 12.0. The Balaban J connectivity index is 3.04. The maximum Gasteiger partial charge on any atom is 0.193 e. The van der Waals surface area contributed by atoms with Gasteiger partial charge in [-0.2, -0.15) is 0 Å². The molecule has 0 atom stereocenters. The van der Waals surface area contributed by atoms with Crippen LogP contribution < -0.4 is 33.2 Å². The van der Waals surface area contributed by atoms with Gasteiger partial charge in [0.05, 0.1) is 7.11 Å². The first-order valence-corrected chi connectivity index (χ1v) is 16.7. The van der Waals surface area contributed by atoms with Gasteiger partial charge in [-0.15, -0.1) is 0 Å². The lowest BCUT2D eigenvalue weighted by molar-refractivity contribution is 0.0773. The highest BCUT2D eigenvalue weighted by Crippen LogP contribution is 2.49. The Morgan fingerprint density at radius 1 is 0.479 bits per heavy atom. The van der Waals surface area contributed by atoms with Crippen molar-refractivity contribution in [3.63, 3.8) is 0 Å². The molecule has 0 N–H and O–H groups in total. The molecule has 0 aliphatic carbocycles. The summed E-state index contributed by atoms with van der Waals surface area (Å²) in [7, 11) is 1.58. The van der Waals surface area contributed by atoms with Crippen LogP contribution in [0.4, 0.5) is 0 Å². The Bertz CT molecular complexity index is 1400. The molecule has 0 aliphatic heterocycles. The molecule has 2 aromatic rings. The lowest BCUT2D eigenvalue weighted by Crippen LogP contribution is -2.30. The average Bonchev–Trinajstić information content (AvgIpc) is 2.81. The van der Waals surface area contributed by atoms with Gasteiger partial charge < -0.3 is 33.2 Å². The van der Waals surface area contributed by atoms with Crippen LogP contribution in [-0.2, 0) is 0 Å². The van der Waals surface area contributed by atoms with E-state index in [0.29, 0.717) is 34.3 Å². The van der Waals surface area contributed by atoms with E-state index in [1.165, 1.54) is 6.08 Å². The minimum absolute atomic E-state index is 0.185. The maximum atomic E-state index is 14.7. The van der Waals surface area contributed by atoms with E-state index in [0.717, 1.165) is 0 Å². The van der Waals surface area contributed by atoms with Crippen molar-refractivity contribution >= 4 is 11.9 Å². The van der Waals surface area contributed by atoms with Crippen LogP contribution in [0.5, 0.6) is 40.2 Å². The second kappa shape index (κ2) is 14.1. The zero-order chi connectivity index (χ0) is 37.3. The van der Waals surface area contributed by atoms with Crippen molar-refractivity contribution in [1.29, 1.82) is 0 Å². The largest absolute Gasteiger partial charge is 0.493 e. The van der Waals surface area contributed by atoms with Gasteiger partial charge in [-0.05, 0) is 143 Å². The molecule has 2 aromatic carbocycles. The third kappa shape index (κ3) is 13.5. The number of hydrogen-bond acceptors (Lipinski definition) is 8. The summed E-state index contributed by atoms with van der Waals surface area (Å²) in [6.07, 6.45) is 3.18. The van der Waals surface area contributed by atoms with E-state index >= 15 is 0 Å². The molecular weight excluding hydrogens is 608 g/mol. The van der Waals surface area contributed by atoms with Crippen molar-refractivity contribution in [3.8, 4) is 40.2 Å². The number of benzene rings is 2. The molecule has 270 valence electrons. The molecule has 0 fully saturated rings. The number of rotatable bonds is 10. The van der Waals surface area contributed by atoms with Crippen LogP contribution in [0, 0.1) is 0 Å². The number of ketones is 1. The van der Waals surface area contributed by atoms with Crippen LogP contribution in [0.15, 0.2) is 24.3 Å². The first-order chi connectivity index (χ1) is 21.4. The number of allylic oxidation sites excluding steroid dienone is 1. The van der Waals surface area contributed by atoms with Crippen molar-refractivity contribution in [2.24, 2.45) is 0 Å². The molecule has 0 bridgehead atoms. The van der Waals surface area contributed by atoms with Gasteiger partial charge in [0.15, 0.2) is 40.3 Å². The Morgan fingerprint density at radius 2 is 0.854 bits per heavy atom. The summed E-state index contributed by atoms with van der Waals surface area (Å²) in [5, 5.41) is 0. The van der Waals surface area contributed by atoms with E-state index in [4.69, 9.17) is 33.2 Å². The van der Waals surface area contributed by atoms with E-state index in [1.54, 1.807) is 25.3 Å². The predicted molar refractivity (Wildman–Crippen MR) is 195 cm³/mol. The van der Waals surface area contributed by atoms with Crippen LogP contribution >= 0.6 is 0 Å². The molecular formula is C40H62O8. The monoisotopic (exact) mass is 670 g/mol. The zero-order valence-electron chi connectivity index (χ0n) is 33.2. The number of carbonyl (C=O) groups is 1. The average molecular weight is 671 g/mol. The molecule has 0 saturated carbocycles. The van der Waals surface area contributed by atoms with E-state index in [1.807, 2.05) is 131 Å². The summed E-state index contributed by atoms with van der Waals surface area (Å²) < 4.78 is 44.3. The second-order valence-electron chi connectivity index (χ2n) is 17.9. The highest BCUT2D eigenvalue weighted by molar-refractivity contribution is 6.12. The minimum Gasteiger partial charge on any atom is -0.493 e. The fourth-order valence-electron chi connectivity index (χ4n) is 4.40. The Labute approximate surface area is 290 Å². The first-order valence-electron chi connectivity index (χ1n) is 16.7. The van der Waals surface area contributed by atoms with Crippen molar-refractivity contribution in [2.75, 3.05) is 7.11 Å². The molecule has 2 rings (SSSR count). The molecule has 0 aliphatic rings. The lowest BCUT2D eigenvalue weighted by atomic mass is 10.0. The van der Waals surface area contributed by atoms with Gasteiger partial charge in [0.1, 0.15) is 44.9 Å². The van der Waals surface area contributed by atoms with E-state index in [9.17, 15) is 4.79 Å². The lowest BCUT2D eigenvalue weighted by Gasteiger charge is -2.33. The van der Waals surface area contributed by atoms with Crippen molar-refractivity contribution in [1.82, 2.24) is 0 Å². The minimum atomic E-state index is -0.681. The number of hydrogen-bond donors (Lipinski definition) is 0. The van der Waals surface area contributed by atoms with Crippen molar-refractivity contribution < 1.29 is 38.0 Å². The van der Waals surface area contributed by atoms with E-state index < -0.39 is 33.6 Å². The van der Waals surface area contributed by atoms with Crippen LogP contribution in [0.25, 0.3) is 6.08 Å². The van der Waals surface area contributed by atoms with Crippen LogP contribution in [0.3, 0.4) is 0 Å². The normalized spacial score (nSPS) is 13.3. The fourth-order valence-corrected chi connectivity index (χ4v) is 4.40. The molecule has 0 saturated heterocycles. The summed E-state index contributed by atoms with van der Waals surface area (Å²) in [6, 6.07) is 5.39. The quantitative estimate of drug-likeness (QED) is 0.182. The van der Waals surface area contributed by atoms with Crippen LogP contribution in [0.1, 0.15) is 141 Å². The SMILES string of the molecule is COc1cc(OC(C)(C)C)cc(/C=C/C(=O)c2c(OC(C)(C)C)c(OC(C)(C)C)cc(OC(C)(C)C)c2OC(C)(C)C)c1OC(C)(C)C. The number of ether oxygens (including phenoxy) is 7. The molecule has 0 heterocycles. The van der Waals surface area contributed by atoms with Gasteiger partial charge in [0, 0.05) is 17.7 Å². The van der Waals surface area contributed by atoms with E-state index in [-0.39, 0.29) is 22.8 Å². The third-order valence-corrected chi connectivity index (χ3v) is 5.58. The fraction of sp³-hybridized carbons (Fsp3) is 0.625. The van der Waals surface area contributed by atoms with Crippen LogP contribution in [0.2, 0.25) is 0 Å². The summed E-state index contributed by atoms with van der Waals surface area (Å²) in [5.74, 6) is 2.42. The molecule has 0 amide bonds. The Hall–Kier alpha value is -3.55. The van der Waals surface area contributed by atoms with Gasteiger partial charge in [-0.25, -0.2) is 0 Å². The topological polar surface area (TPSA) is 81.7 Å². The maximum absolute atomic E-state index is 14.7. The molecule has 0 radical (unpaired) electrons. The third-order valence-electron chi connectivity index (χ3n) is 5.58. The van der Waals surface area contributed by atoms with Crippen molar-refractivity contribution in [3.05, 3.63) is 35.4 Å². The second-order valence-corrected chi connectivity index (χ2v) is 17.9. The van der Waals surface area contributed by atoms with Crippen LogP contribution in [-0.4, -0.2) is 46.5 Å². The van der Waals surface area contributed by atoms with Gasteiger partial charge >= 0.3 is 0 Å². The number of carbonyl (C=O) groups excluding carboxylic acids is 1. The zero-order valence-corrected chi connectivity index (χ0v) is 33.2. The van der Waals surface area contributed by atoms with Gasteiger partial charge in [-0.1, -0.05) is 0 Å².